The average Bonchev–Trinajstić information content (AvgIpc) is 2.89. The van der Waals surface area contributed by atoms with Crippen LogP contribution in [0.4, 0.5) is 0 Å². The molecule has 1 aromatic rings. The van der Waals surface area contributed by atoms with E-state index in [1.165, 1.54) is 64.0 Å². The maximum absolute atomic E-state index is 11.9. The first-order valence-electron chi connectivity index (χ1n) is 13.1. The topological polar surface area (TPSA) is 78.9 Å². The fourth-order valence-corrected chi connectivity index (χ4v) is 3.88. The Morgan fingerprint density at radius 3 is 1.91 bits per heavy atom. The van der Waals surface area contributed by atoms with E-state index in [0.717, 1.165) is 33.0 Å². The lowest BCUT2D eigenvalue weighted by Gasteiger charge is -2.11. The molecular formula is C29H44O6. The minimum Gasteiger partial charge on any atom is -0.468 e. The van der Waals surface area contributed by atoms with Gasteiger partial charge in [0.05, 0.1) is 20.8 Å². The summed E-state index contributed by atoms with van der Waals surface area (Å²) in [4.78, 5) is 35.1. The molecule has 6 nitrogen and oxygen atoms in total. The zero-order valence-electron chi connectivity index (χ0n) is 21.7. The predicted octanol–water partition coefficient (Wildman–Crippen LogP) is 6.36. The second kappa shape index (κ2) is 20.9. The van der Waals surface area contributed by atoms with E-state index in [1.807, 2.05) is 18.2 Å². The summed E-state index contributed by atoms with van der Waals surface area (Å²) in [6, 6.07) is 10.3. The van der Waals surface area contributed by atoms with Gasteiger partial charge >= 0.3 is 11.9 Å². The number of esters is 2. The minimum atomic E-state index is -1.08. The van der Waals surface area contributed by atoms with Crippen molar-refractivity contribution >= 4 is 17.7 Å². The van der Waals surface area contributed by atoms with Crippen LogP contribution in [0.25, 0.3) is 0 Å². The van der Waals surface area contributed by atoms with E-state index >= 15 is 0 Å². The Morgan fingerprint density at radius 2 is 1.31 bits per heavy atom. The second-order valence-corrected chi connectivity index (χ2v) is 8.84. The number of Topliss-reactive ketones (excluding diaryl/α,β-unsaturated/α-hetero) is 1. The number of unbranched alkanes of at least 4 members (excludes halogenated alkanes) is 10. The Bertz CT molecular complexity index is 728. The van der Waals surface area contributed by atoms with Gasteiger partial charge in [0.1, 0.15) is 5.92 Å². The lowest BCUT2D eigenvalue weighted by atomic mass is 9.97. The highest BCUT2D eigenvalue weighted by Crippen LogP contribution is 2.14. The van der Waals surface area contributed by atoms with Crippen molar-refractivity contribution in [2.45, 2.75) is 90.1 Å². The summed E-state index contributed by atoms with van der Waals surface area (Å²) in [5.41, 5.74) is 1.24. The van der Waals surface area contributed by atoms with Crippen molar-refractivity contribution in [3.63, 3.8) is 0 Å². The van der Waals surface area contributed by atoms with Crippen molar-refractivity contribution < 1.29 is 28.6 Å². The fourth-order valence-electron chi connectivity index (χ4n) is 3.88. The lowest BCUT2D eigenvalue weighted by molar-refractivity contribution is -0.160. The van der Waals surface area contributed by atoms with Gasteiger partial charge in [-0.05, 0) is 44.1 Å². The molecule has 0 heterocycles. The number of allylic oxidation sites excluding steroid dienone is 2. The molecule has 1 aromatic carbocycles. The number of methoxy groups -OCH3 is 2. The summed E-state index contributed by atoms with van der Waals surface area (Å²) in [6.07, 6.45) is 18.3. The summed E-state index contributed by atoms with van der Waals surface area (Å²) >= 11 is 0. The van der Waals surface area contributed by atoms with E-state index in [4.69, 9.17) is 4.74 Å². The number of hydrogen-bond donors (Lipinski definition) is 0. The predicted molar refractivity (Wildman–Crippen MR) is 138 cm³/mol. The van der Waals surface area contributed by atoms with Gasteiger partial charge in [-0.25, -0.2) is 4.79 Å². The molecule has 0 amide bonds. The number of carbonyl (C=O) groups excluding carboxylic acids is 3. The van der Waals surface area contributed by atoms with E-state index in [9.17, 15) is 14.4 Å². The van der Waals surface area contributed by atoms with Crippen LogP contribution in [0.1, 0.15) is 89.0 Å². The molecule has 0 radical (unpaired) electrons. The van der Waals surface area contributed by atoms with Crippen molar-refractivity contribution in [2.75, 3.05) is 20.8 Å². The molecule has 0 fully saturated rings. The molecular weight excluding hydrogens is 444 g/mol. The molecule has 0 aromatic heterocycles. The number of carbonyl (C=O) groups is 3. The third-order valence-corrected chi connectivity index (χ3v) is 5.99. The number of rotatable bonds is 21. The Hall–Kier alpha value is -2.47. The van der Waals surface area contributed by atoms with Crippen LogP contribution in [-0.4, -0.2) is 38.5 Å². The SMILES string of the molecule is COC(=O)C(=O)[C@@H](CCC/C=C\CCCCCCCCCCCOCc1ccccc1)C(=O)OC. The molecule has 0 bridgehead atoms. The average molecular weight is 489 g/mol. The summed E-state index contributed by atoms with van der Waals surface area (Å²) < 4.78 is 14.8. The van der Waals surface area contributed by atoms with E-state index in [1.54, 1.807) is 0 Å². The Morgan fingerprint density at radius 1 is 0.743 bits per heavy atom. The van der Waals surface area contributed by atoms with Crippen LogP contribution in [0.5, 0.6) is 0 Å². The molecule has 196 valence electrons. The molecule has 0 aliphatic heterocycles. The Kier molecular flexibility index (Phi) is 18.2. The smallest absolute Gasteiger partial charge is 0.375 e. The molecule has 0 aliphatic rings. The van der Waals surface area contributed by atoms with Gasteiger partial charge < -0.3 is 14.2 Å². The minimum absolute atomic E-state index is 0.283. The molecule has 0 N–H and O–H groups in total. The molecule has 0 saturated heterocycles. The monoisotopic (exact) mass is 488 g/mol. The molecule has 6 heteroatoms. The lowest BCUT2D eigenvalue weighted by Crippen LogP contribution is -2.31. The number of benzene rings is 1. The fraction of sp³-hybridized carbons (Fsp3) is 0.621. The highest BCUT2D eigenvalue weighted by atomic mass is 16.5. The van der Waals surface area contributed by atoms with Crippen LogP contribution in [0.3, 0.4) is 0 Å². The van der Waals surface area contributed by atoms with E-state index in [-0.39, 0.29) is 6.42 Å². The van der Waals surface area contributed by atoms with Crippen LogP contribution >= 0.6 is 0 Å². The molecule has 35 heavy (non-hydrogen) atoms. The Labute approximate surface area is 211 Å². The third kappa shape index (κ3) is 15.2. The first kappa shape index (κ1) is 30.6. The maximum Gasteiger partial charge on any atom is 0.375 e. The van der Waals surface area contributed by atoms with Gasteiger partial charge in [-0.2, -0.15) is 0 Å². The third-order valence-electron chi connectivity index (χ3n) is 5.99. The van der Waals surface area contributed by atoms with Crippen molar-refractivity contribution in [1.82, 2.24) is 0 Å². The van der Waals surface area contributed by atoms with Gasteiger partial charge in [0.2, 0.25) is 0 Å². The highest BCUT2D eigenvalue weighted by molar-refractivity contribution is 6.37. The van der Waals surface area contributed by atoms with Gasteiger partial charge in [0, 0.05) is 6.61 Å². The van der Waals surface area contributed by atoms with Crippen molar-refractivity contribution in [3.8, 4) is 0 Å². The van der Waals surface area contributed by atoms with Crippen molar-refractivity contribution in [3.05, 3.63) is 48.0 Å². The zero-order valence-corrected chi connectivity index (χ0v) is 21.7. The van der Waals surface area contributed by atoms with Crippen LogP contribution in [-0.2, 0) is 35.2 Å². The maximum atomic E-state index is 11.9. The molecule has 1 atom stereocenters. The molecule has 1 rings (SSSR count). The number of ketones is 1. The molecule has 0 spiro atoms. The van der Waals surface area contributed by atoms with Gasteiger partial charge in [0.25, 0.3) is 5.78 Å². The first-order valence-corrected chi connectivity index (χ1v) is 13.1. The van der Waals surface area contributed by atoms with E-state index in [0.29, 0.717) is 13.0 Å². The van der Waals surface area contributed by atoms with E-state index < -0.39 is 23.6 Å². The quantitative estimate of drug-likeness (QED) is 0.0658. The second-order valence-electron chi connectivity index (χ2n) is 8.84. The van der Waals surface area contributed by atoms with Gasteiger partial charge in [0.15, 0.2) is 0 Å². The summed E-state index contributed by atoms with van der Waals surface area (Å²) in [7, 11) is 2.34. The van der Waals surface area contributed by atoms with E-state index in [2.05, 4.69) is 33.8 Å². The van der Waals surface area contributed by atoms with Crippen LogP contribution in [0.2, 0.25) is 0 Å². The highest BCUT2D eigenvalue weighted by Gasteiger charge is 2.32. The van der Waals surface area contributed by atoms with Crippen LogP contribution in [0.15, 0.2) is 42.5 Å². The standard InChI is InChI=1S/C29H44O6/c1-33-28(31)26(27(30)29(32)34-2)22-18-13-11-9-7-5-3-4-6-8-10-12-14-19-23-35-24-25-20-16-15-17-21-25/h9,11,15-17,20-21,26H,3-8,10,12-14,18-19,22-24H2,1-2H3/b11-9-/t26-/m1/s1. The van der Waals surface area contributed by atoms with Gasteiger partial charge in [-0.1, -0.05) is 87.4 Å². The van der Waals surface area contributed by atoms with Crippen molar-refractivity contribution in [2.24, 2.45) is 5.92 Å². The molecule has 0 saturated carbocycles. The van der Waals surface area contributed by atoms with Crippen LogP contribution in [0, 0.1) is 5.92 Å². The summed E-state index contributed by atoms with van der Waals surface area (Å²) in [5, 5.41) is 0. The number of hydrogen-bond acceptors (Lipinski definition) is 6. The van der Waals surface area contributed by atoms with Crippen molar-refractivity contribution in [1.29, 1.82) is 0 Å². The van der Waals surface area contributed by atoms with Gasteiger partial charge in [-0.15, -0.1) is 0 Å². The molecule has 0 aliphatic carbocycles. The number of ether oxygens (including phenoxy) is 3. The summed E-state index contributed by atoms with van der Waals surface area (Å²) in [5.74, 6) is -3.60. The first-order chi connectivity index (χ1) is 17.1. The Balaban J connectivity index is 1.91. The van der Waals surface area contributed by atoms with Gasteiger partial charge in [-0.3, -0.25) is 9.59 Å². The normalized spacial score (nSPS) is 11.9. The largest absolute Gasteiger partial charge is 0.468 e. The zero-order chi connectivity index (χ0) is 25.6. The summed E-state index contributed by atoms with van der Waals surface area (Å²) in [6.45, 7) is 1.56. The molecule has 0 unspecified atom stereocenters. The van der Waals surface area contributed by atoms with Crippen LogP contribution < -0.4 is 0 Å².